The lowest BCUT2D eigenvalue weighted by atomic mass is 9.65. The van der Waals surface area contributed by atoms with Gasteiger partial charge in [-0.3, -0.25) is 14.5 Å². The van der Waals surface area contributed by atoms with Crippen LogP contribution in [0.2, 0.25) is 0 Å². The maximum Gasteiger partial charge on any atom is 0.259 e. The van der Waals surface area contributed by atoms with Gasteiger partial charge in [-0.25, -0.2) is 9.37 Å². The van der Waals surface area contributed by atoms with E-state index in [9.17, 15) is 9.59 Å². The summed E-state index contributed by atoms with van der Waals surface area (Å²) < 4.78 is 15.0. The van der Waals surface area contributed by atoms with E-state index in [-0.39, 0.29) is 17.5 Å². The monoisotopic (exact) mass is 449 g/mol. The molecule has 0 bridgehead atoms. The zero-order valence-electron chi connectivity index (χ0n) is 17.8. The van der Waals surface area contributed by atoms with Crippen LogP contribution in [0.1, 0.15) is 59.6 Å². The predicted octanol–water partition coefficient (Wildman–Crippen LogP) is 5.68. The fourth-order valence-electron chi connectivity index (χ4n) is 5.32. The highest BCUT2D eigenvalue weighted by atomic mass is 32.1. The molecule has 2 heterocycles. The number of para-hydroxylation sites is 1. The van der Waals surface area contributed by atoms with Crippen molar-refractivity contribution in [3.05, 3.63) is 76.5 Å². The summed E-state index contributed by atoms with van der Waals surface area (Å²) in [5.74, 6) is -1.54. The largest absolute Gasteiger partial charge is 0.301 e. The molecule has 1 fully saturated rings. The first-order valence-electron chi connectivity index (χ1n) is 10.9. The van der Waals surface area contributed by atoms with Crippen molar-refractivity contribution in [3.63, 3.8) is 0 Å². The number of hydrogen-bond donors (Lipinski definition) is 1. The Hall–Kier alpha value is -3.06. The van der Waals surface area contributed by atoms with Gasteiger partial charge in [0.1, 0.15) is 5.82 Å². The van der Waals surface area contributed by atoms with E-state index in [1.165, 1.54) is 17.4 Å². The molecule has 0 saturated heterocycles. The summed E-state index contributed by atoms with van der Waals surface area (Å²) in [5.41, 5.74) is 1.39. The number of fused-ring (bicyclic) bond motifs is 1. The van der Waals surface area contributed by atoms with Gasteiger partial charge in [0.15, 0.2) is 5.13 Å². The molecule has 3 aromatic rings. The van der Waals surface area contributed by atoms with Crippen molar-refractivity contribution in [3.8, 4) is 0 Å². The molecule has 1 aromatic heterocycles. The first-order valence-corrected chi connectivity index (χ1v) is 11.8. The molecular weight excluding hydrogens is 425 g/mol. The van der Waals surface area contributed by atoms with Crippen LogP contribution in [0.4, 0.5) is 15.2 Å². The zero-order chi connectivity index (χ0) is 22.3. The zero-order valence-corrected chi connectivity index (χ0v) is 18.6. The van der Waals surface area contributed by atoms with Gasteiger partial charge in [0.05, 0.1) is 22.8 Å². The van der Waals surface area contributed by atoms with Crippen LogP contribution in [0.25, 0.3) is 0 Å². The second-order valence-corrected chi connectivity index (χ2v) is 9.42. The molecule has 164 valence electrons. The van der Waals surface area contributed by atoms with Gasteiger partial charge >= 0.3 is 0 Å². The number of aromatic nitrogens is 1. The lowest BCUT2D eigenvalue weighted by Crippen LogP contribution is -2.62. The first-order chi connectivity index (χ1) is 15.5. The minimum Gasteiger partial charge on any atom is -0.301 e. The molecule has 32 heavy (non-hydrogen) atoms. The number of nitrogens with one attached hydrogen (secondary N) is 1. The Labute approximate surface area is 190 Å². The Balaban J connectivity index is 1.70. The smallest absolute Gasteiger partial charge is 0.259 e. The van der Waals surface area contributed by atoms with E-state index in [0.717, 1.165) is 25.0 Å². The van der Waals surface area contributed by atoms with Crippen molar-refractivity contribution >= 4 is 34.0 Å². The van der Waals surface area contributed by atoms with Gasteiger partial charge in [-0.1, -0.05) is 49.6 Å². The SMILES string of the molecule is Cc1csc(NC(=O)[C@@H]2c3ccccc3C(=O)N(c3ccccc3F)C23CCCCC3)n1. The van der Waals surface area contributed by atoms with Gasteiger partial charge < -0.3 is 5.32 Å². The standard InChI is InChI=1S/C25H24FN3O2S/c1-16-15-32-24(27-16)28-22(30)21-17-9-3-4-10-18(17)23(31)29(20-12-6-5-11-19(20)26)25(21)13-7-2-8-14-25/h3-6,9-12,15,21H,2,7-8,13-14H2,1H3,(H,27,28,30)/t21-/m0/s1. The molecule has 1 saturated carbocycles. The van der Waals surface area contributed by atoms with Gasteiger partial charge in [0, 0.05) is 10.9 Å². The number of anilines is 2. The topological polar surface area (TPSA) is 62.3 Å². The van der Waals surface area contributed by atoms with Gasteiger partial charge in [-0.05, 0) is 43.5 Å². The molecule has 5 nitrogen and oxygen atoms in total. The highest BCUT2D eigenvalue weighted by Gasteiger charge is 2.55. The first kappa shape index (κ1) is 20.8. The van der Waals surface area contributed by atoms with Gasteiger partial charge in [0.25, 0.3) is 5.91 Å². The Morgan fingerprint density at radius 3 is 2.56 bits per heavy atom. The number of nitrogens with zero attached hydrogens (tertiary/aromatic N) is 2. The number of hydrogen-bond acceptors (Lipinski definition) is 4. The van der Waals surface area contributed by atoms with Crippen molar-refractivity contribution in [1.29, 1.82) is 0 Å². The summed E-state index contributed by atoms with van der Waals surface area (Å²) in [7, 11) is 0. The number of benzene rings is 2. The lowest BCUT2D eigenvalue weighted by Gasteiger charge is -2.53. The Morgan fingerprint density at radius 2 is 1.84 bits per heavy atom. The molecule has 1 spiro atoms. The average Bonchev–Trinajstić information content (AvgIpc) is 3.20. The van der Waals surface area contributed by atoms with Crippen LogP contribution in [-0.4, -0.2) is 22.3 Å². The number of amides is 2. The average molecular weight is 450 g/mol. The highest BCUT2D eigenvalue weighted by Crippen LogP contribution is 2.51. The molecule has 1 N–H and O–H groups in total. The van der Waals surface area contributed by atoms with Gasteiger partial charge in [0.2, 0.25) is 5.91 Å². The van der Waals surface area contributed by atoms with Crippen molar-refractivity contribution in [1.82, 2.24) is 4.98 Å². The van der Waals surface area contributed by atoms with Gasteiger partial charge in [-0.15, -0.1) is 11.3 Å². The molecule has 2 amide bonds. The summed E-state index contributed by atoms with van der Waals surface area (Å²) in [4.78, 5) is 33.6. The Morgan fingerprint density at radius 1 is 1.12 bits per heavy atom. The summed E-state index contributed by atoms with van der Waals surface area (Å²) in [6.45, 7) is 1.88. The minimum atomic E-state index is -0.831. The number of carbonyl (C=O) groups excluding carboxylic acids is 2. The maximum atomic E-state index is 15.0. The molecule has 0 unspecified atom stereocenters. The molecule has 1 aliphatic carbocycles. The van der Waals surface area contributed by atoms with Crippen LogP contribution < -0.4 is 10.2 Å². The molecular formula is C25H24FN3O2S. The summed E-state index contributed by atoms with van der Waals surface area (Å²) >= 11 is 1.37. The van der Waals surface area contributed by atoms with E-state index < -0.39 is 17.3 Å². The Bertz CT molecular complexity index is 1190. The van der Waals surface area contributed by atoms with Crippen molar-refractivity contribution in [2.24, 2.45) is 0 Å². The number of halogens is 1. The van der Waals surface area contributed by atoms with Crippen LogP contribution in [-0.2, 0) is 4.79 Å². The number of carbonyl (C=O) groups is 2. The molecule has 5 rings (SSSR count). The van der Waals surface area contributed by atoms with E-state index in [1.807, 2.05) is 24.4 Å². The van der Waals surface area contributed by atoms with Crippen molar-refractivity contribution in [2.75, 3.05) is 10.2 Å². The molecule has 0 radical (unpaired) electrons. The molecule has 1 atom stereocenters. The van der Waals surface area contributed by atoms with Crippen molar-refractivity contribution in [2.45, 2.75) is 50.5 Å². The van der Waals surface area contributed by atoms with E-state index in [2.05, 4.69) is 10.3 Å². The van der Waals surface area contributed by atoms with Crippen LogP contribution in [0.15, 0.2) is 53.9 Å². The third kappa shape index (κ3) is 3.32. The fraction of sp³-hybridized carbons (Fsp3) is 0.320. The maximum absolute atomic E-state index is 15.0. The molecule has 1 aliphatic heterocycles. The summed E-state index contributed by atoms with van der Waals surface area (Å²) in [5, 5.41) is 5.40. The number of aryl methyl sites for hydroxylation is 1. The molecule has 2 aliphatic rings. The fourth-order valence-corrected chi connectivity index (χ4v) is 6.01. The molecule has 2 aromatic carbocycles. The normalized spacial score (nSPS) is 19.6. The van der Waals surface area contributed by atoms with Crippen LogP contribution in [0.5, 0.6) is 0 Å². The second-order valence-electron chi connectivity index (χ2n) is 8.56. The highest BCUT2D eigenvalue weighted by molar-refractivity contribution is 7.13. The minimum absolute atomic E-state index is 0.206. The van der Waals surface area contributed by atoms with Crippen LogP contribution in [0.3, 0.4) is 0 Å². The second kappa shape index (κ2) is 8.13. The van der Waals surface area contributed by atoms with Crippen LogP contribution >= 0.6 is 11.3 Å². The van der Waals surface area contributed by atoms with E-state index in [1.54, 1.807) is 35.2 Å². The lowest BCUT2D eigenvalue weighted by molar-refractivity contribution is -0.119. The van der Waals surface area contributed by atoms with E-state index in [4.69, 9.17) is 0 Å². The Kier molecular flexibility index (Phi) is 5.29. The van der Waals surface area contributed by atoms with Crippen molar-refractivity contribution < 1.29 is 14.0 Å². The number of thiazole rings is 1. The quantitative estimate of drug-likeness (QED) is 0.560. The summed E-state index contributed by atoms with van der Waals surface area (Å²) in [6.07, 6.45) is 4.05. The summed E-state index contributed by atoms with van der Waals surface area (Å²) in [6, 6.07) is 13.6. The number of rotatable bonds is 3. The third-order valence-electron chi connectivity index (χ3n) is 6.61. The third-order valence-corrected chi connectivity index (χ3v) is 7.49. The van der Waals surface area contributed by atoms with Gasteiger partial charge in [-0.2, -0.15) is 0 Å². The van der Waals surface area contributed by atoms with E-state index >= 15 is 4.39 Å². The predicted molar refractivity (Wildman–Crippen MR) is 124 cm³/mol. The van der Waals surface area contributed by atoms with Crippen LogP contribution in [0, 0.1) is 12.7 Å². The van der Waals surface area contributed by atoms with E-state index in [0.29, 0.717) is 29.1 Å². The molecule has 7 heteroatoms.